The number of halogens is 3. The van der Waals surface area contributed by atoms with Gasteiger partial charge in [0.05, 0.1) is 5.51 Å². The van der Waals surface area contributed by atoms with Crippen LogP contribution >= 0.6 is 70.5 Å². The smallest absolute Gasteiger partial charge is 0.160 e. The maximum Gasteiger partial charge on any atom is 0.160 e. The van der Waals surface area contributed by atoms with Crippen molar-refractivity contribution in [2.24, 2.45) is 0 Å². The predicted molar refractivity (Wildman–Crippen MR) is 67.3 cm³/mol. The van der Waals surface area contributed by atoms with Gasteiger partial charge in [0.1, 0.15) is 9.21 Å². The van der Waals surface area contributed by atoms with Gasteiger partial charge < -0.3 is 0 Å². The molecule has 2 aromatic heterocycles. The summed E-state index contributed by atoms with van der Waals surface area (Å²) in [5.41, 5.74) is 1.78. The molecule has 2 rings (SSSR count). The summed E-state index contributed by atoms with van der Waals surface area (Å²) in [5, 5.41) is 3.85. The van der Waals surface area contributed by atoms with E-state index in [-0.39, 0.29) is 0 Å². The van der Waals surface area contributed by atoms with Crippen LogP contribution in [0.1, 0.15) is 0 Å². The van der Waals surface area contributed by atoms with Gasteiger partial charge in [-0.25, -0.2) is 9.97 Å². The van der Waals surface area contributed by atoms with Crippen LogP contribution < -0.4 is 0 Å². The first-order valence-corrected chi connectivity index (χ1v) is 7.19. The third-order valence-corrected chi connectivity index (χ3v) is 4.25. The van der Waals surface area contributed by atoms with Gasteiger partial charge in [-0.3, -0.25) is 0 Å². The highest BCUT2D eigenvalue weighted by atomic mass is 79.9. The van der Waals surface area contributed by atoms with Crippen LogP contribution in [0.15, 0.2) is 29.4 Å². The van der Waals surface area contributed by atoms with E-state index in [9.17, 15) is 0 Å². The van der Waals surface area contributed by atoms with Gasteiger partial charge in [0.2, 0.25) is 0 Å². The van der Waals surface area contributed by atoms with Gasteiger partial charge in [0, 0.05) is 10.8 Å². The molecule has 0 saturated heterocycles. The molecule has 0 bridgehead atoms. The van der Waals surface area contributed by atoms with E-state index >= 15 is 0 Å². The Morgan fingerprint density at radius 1 is 1.08 bits per heavy atom. The molecular formula is C6H3Br3N2S2. The van der Waals surface area contributed by atoms with Crippen LogP contribution in [-0.4, -0.2) is 9.97 Å². The van der Waals surface area contributed by atoms with E-state index in [1.807, 2.05) is 10.8 Å². The van der Waals surface area contributed by atoms with Crippen molar-refractivity contribution < 1.29 is 0 Å². The van der Waals surface area contributed by atoms with Gasteiger partial charge in [-0.15, -0.1) is 22.7 Å². The minimum atomic E-state index is 0.893. The van der Waals surface area contributed by atoms with Crippen LogP contribution in [-0.2, 0) is 0 Å². The second kappa shape index (κ2) is 6.23. The molecule has 2 aromatic rings. The summed E-state index contributed by atoms with van der Waals surface area (Å²) in [6.45, 7) is 0. The molecule has 0 aliphatic carbocycles. The molecule has 2 heterocycles. The monoisotopic (exact) mass is 404 g/mol. The second-order valence-electron chi connectivity index (χ2n) is 1.73. The van der Waals surface area contributed by atoms with Crippen LogP contribution in [0.4, 0.5) is 0 Å². The number of thiazole rings is 2. The van der Waals surface area contributed by atoms with Crippen molar-refractivity contribution in [2.45, 2.75) is 0 Å². The lowest BCUT2D eigenvalue weighted by Crippen LogP contribution is -1.55. The van der Waals surface area contributed by atoms with Gasteiger partial charge >= 0.3 is 0 Å². The fraction of sp³-hybridized carbons (Fsp3) is 0. The van der Waals surface area contributed by atoms with Gasteiger partial charge in [0.25, 0.3) is 0 Å². The maximum atomic E-state index is 3.96. The average Bonchev–Trinajstić information content (AvgIpc) is 2.64. The summed E-state index contributed by atoms with van der Waals surface area (Å²) in [6, 6.07) is 0. The summed E-state index contributed by atoms with van der Waals surface area (Å²) in [7, 11) is 0. The highest BCUT2D eigenvalue weighted by molar-refractivity contribution is 9.11. The average molecular weight is 407 g/mol. The van der Waals surface area contributed by atoms with E-state index in [0.29, 0.717) is 0 Å². The van der Waals surface area contributed by atoms with Crippen LogP contribution in [0.2, 0.25) is 0 Å². The molecule has 0 radical (unpaired) electrons. The minimum Gasteiger partial charge on any atom is -0.238 e. The molecule has 0 fully saturated rings. The number of aromatic nitrogens is 2. The molecule has 2 nitrogen and oxygen atoms in total. The Balaban J connectivity index is 0.000000132. The van der Waals surface area contributed by atoms with E-state index in [2.05, 4.69) is 57.8 Å². The first-order valence-electron chi connectivity index (χ1n) is 2.98. The Bertz CT molecular complexity index is 330. The van der Waals surface area contributed by atoms with Gasteiger partial charge in [-0.05, 0) is 47.8 Å². The Morgan fingerprint density at radius 3 is 2.00 bits per heavy atom. The standard InChI is InChI=1S/C3HBr2NS.C3H2BrNS/c4-2-1-7-3(5)6-2;4-3-1-6-2-5-3/h1H;1-2H. The molecule has 0 unspecified atom stereocenters. The molecular weight excluding hydrogens is 404 g/mol. The minimum absolute atomic E-state index is 0.893. The molecule has 0 aliphatic heterocycles. The zero-order chi connectivity index (χ0) is 9.68. The summed E-state index contributed by atoms with van der Waals surface area (Å²) >= 11 is 12.7. The lowest BCUT2D eigenvalue weighted by atomic mass is 11.0. The molecule has 0 saturated carbocycles. The summed E-state index contributed by atoms with van der Waals surface area (Å²) in [4.78, 5) is 7.81. The number of hydrogen-bond acceptors (Lipinski definition) is 4. The van der Waals surface area contributed by atoms with Gasteiger partial charge in [-0.2, -0.15) is 0 Å². The zero-order valence-corrected chi connectivity index (χ0v) is 12.5. The van der Waals surface area contributed by atoms with Crippen molar-refractivity contribution in [3.8, 4) is 0 Å². The third-order valence-electron chi connectivity index (χ3n) is 0.850. The molecule has 0 amide bonds. The molecule has 0 aromatic carbocycles. The van der Waals surface area contributed by atoms with Crippen LogP contribution in [0.5, 0.6) is 0 Å². The first kappa shape index (κ1) is 11.8. The molecule has 0 N–H and O–H groups in total. The van der Waals surface area contributed by atoms with Crippen molar-refractivity contribution in [2.75, 3.05) is 0 Å². The normalized spacial score (nSPS) is 9.15. The molecule has 13 heavy (non-hydrogen) atoms. The zero-order valence-electron chi connectivity index (χ0n) is 6.08. The van der Waals surface area contributed by atoms with Crippen molar-refractivity contribution >= 4 is 70.5 Å². The van der Waals surface area contributed by atoms with E-state index in [0.717, 1.165) is 13.1 Å². The Labute approximate surface area is 109 Å². The lowest BCUT2D eigenvalue weighted by Gasteiger charge is -1.67. The topological polar surface area (TPSA) is 25.8 Å². The van der Waals surface area contributed by atoms with Crippen molar-refractivity contribution in [1.29, 1.82) is 0 Å². The largest absolute Gasteiger partial charge is 0.238 e. The van der Waals surface area contributed by atoms with E-state index in [1.165, 1.54) is 0 Å². The van der Waals surface area contributed by atoms with Crippen LogP contribution in [0.3, 0.4) is 0 Å². The maximum absolute atomic E-state index is 3.96. The van der Waals surface area contributed by atoms with Gasteiger partial charge in [-0.1, -0.05) is 0 Å². The predicted octanol–water partition coefficient (Wildman–Crippen LogP) is 4.57. The van der Waals surface area contributed by atoms with Crippen molar-refractivity contribution in [3.05, 3.63) is 29.4 Å². The van der Waals surface area contributed by atoms with E-state index in [1.54, 1.807) is 28.2 Å². The number of hydrogen-bond donors (Lipinski definition) is 0. The quantitative estimate of drug-likeness (QED) is 0.640. The highest BCUT2D eigenvalue weighted by Crippen LogP contribution is 2.19. The molecule has 0 atom stereocenters. The highest BCUT2D eigenvalue weighted by Gasteiger charge is 1.89. The first-order chi connectivity index (χ1) is 6.18. The molecule has 0 aliphatic rings. The van der Waals surface area contributed by atoms with E-state index in [4.69, 9.17) is 0 Å². The Hall–Kier alpha value is 0.700. The van der Waals surface area contributed by atoms with Crippen LogP contribution in [0, 0.1) is 0 Å². The fourth-order valence-corrected chi connectivity index (χ4v) is 3.08. The third kappa shape index (κ3) is 5.21. The number of nitrogens with zero attached hydrogens (tertiary/aromatic N) is 2. The molecule has 70 valence electrons. The number of rotatable bonds is 0. The summed E-state index contributed by atoms with van der Waals surface area (Å²) in [5.74, 6) is 0. The SMILES string of the molecule is Brc1csc(Br)n1.Brc1cscn1. The van der Waals surface area contributed by atoms with Crippen LogP contribution in [0.25, 0.3) is 0 Å². The Morgan fingerprint density at radius 2 is 1.85 bits per heavy atom. The summed E-state index contributed by atoms with van der Waals surface area (Å²) < 4.78 is 2.73. The van der Waals surface area contributed by atoms with Crippen molar-refractivity contribution in [3.63, 3.8) is 0 Å². The van der Waals surface area contributed by atoms with Crippen molar-refractivity contribution in [1.82, 2.24) is 9.97 Å². The molecule has 0 spiro atoms. The lowest BCUT2D eigenvalue weighted by molar-refractivity contribution is 1.33. The molecule has 7 heteroatoms. The van der Waals surface area contributed by atoms with E-state index < -0.39 is 0 Å². The summed E-state index contributed by atoms with van der Waals surface area (Å²) in [6.07, 6.45) is 0. The fourth-order valence-electron chi connectivity index (χ4n) is 0.432. The van der Waals surface area contributed by atoms with Gasteiger partial charge in [0.15, 0.2) is 3.92 Å². The second-order valence-corrected chi connectivity index (χ2v) is 6.21. The Kier molecular flexibility index (Phi) is 5.65.